The number of nitrogens with one attached hydrogen (secondary N) is 1. The van der Waals surface area contributed by atoms with E-state index in [9.17, 15) is 4.39 Å². The number of hydrogen-bond donors (Lipinski definition) is 1. The van der Waals surface area contributed by atoms with E-state index in [1.807, 2.05) is 65.8 Å². The zero-order valence-electron chi connectivity index (χ0n) is 13.7. The number of rotatable bonds is 3. The minimum atomic E-state index is -0.262. The average Bonchev–Trinajstić information content (AvgIpc) is 3.12. The van der Waals surface area contributed by atoms with Crippen molar-refractivity contribution in [3.63, 3.8) is 0 Å². The van der Waals surface area contributed by atoms with Crippen molar-refractivity contribution in [2.24, 2.45) is 0 Å². The molecule has 130 valence electrons. The van der Waals surface area contributed by atoms with Crippen LogP contribution in [0.4, 0.5) is 10.1 Å². The highest BCUT2D eigenvalue weighted by atomic mass is 79.9. The molecule has 0 radical (unpaired) electrons. The Morgan fingerprint density at radius 1 is 0.962 bits per heavy atom. The van der Waals surface area contributed by atoms with Gasteiger partial charge in [-0.25, -0.2) is 4.39 Å². The molecule has 3 aromatic carbocycles. The molecule has 0 saturated heterocycles. The first kappa shape index (κ1) is 17.1. The van der Waals surface area contributed by atoms with E-state index >= 15 is 0 Å². The molecule has 0 fully saturated rings. The first-order valence-electron chi connectivity index (χ1n) is 8.15. The number of anilines is 1. The molecule has 0 amide bonds. The fourth-order valence-corrected chi connectivity index (χ4v) is 3.60. The first-order valence-corrected chi connectivity index (χ1v) is 9.32. The van der Waals surface area contributed by atoms with Crippen LogP contribution < -0.4 is 10.4 Å². The number of nitrogens with zero attached hydrogens (tertiary/aromatic N) is 1. The summed E-state index contributed by atoms with van der Waals surface area (Å²) in [5, 5.41) is 2.73. The zero-order chi connectivity index (χ0) is 18.1. The van der Waals surface area contributed by atoms with Crippen molar-refractivity contribution >= 4 is 33.2 Å². The summed E-state index contributed by atoms with van der Waals surface area (Å²) in [5.74, 6) is -0.262. The molecular weight excluding hydrogens is 415 g/mol. The maximum Gasteiger partial charge on any atom is 0.132 e. The van der Waals surface area contributed by atoms with Crippen molar-refractivity contribution in [1.82, 2.24) is 5.43 Å². The summed E-state index contributed by atoms with van der Waals surface area (Å²) < 4.78 is 15.3. The van der Waals surface area contributed by atoms with Crippen LogP contribution in [0.1, 0.15) is 11.6 Å². The minimum Gasteiger partial charge on any atom is -0.305 e. The van der Waals surface area contributed by atoms with Crippen LogP contribution in [0.15, 0.2) is 83.5 Å². The molecule has 1 heterocycles. The van der Waals surface area contributed by atoms with Gasteiger partial charge in [-0.1, -0.05) is 63.9 Å². The van der Waals surface area contributed by atoms with Gasteiger partial charge in [-0.15, -0.1) is 0 Å². The van der Waals surface area contributed by atoms with Gasteiger partial charge in [0.25, 0.3) is 0 Å². The van der Waals surface area contributed by atoms with Crippen LogP contribution in [-0.4, -0.2) is 0 Å². The Morgan fingerprint density at radius 3 is 2.50 bits per heavy atom. The summed E-state index contributed by atoms with van der Waals surface area (Å²) in [5.41, 5.74) is 6.65. The third kappa shape index (κ3) is 3.22. The summed E-state index contributed by atoms with van der Waals surface area (Å²) in [6.07, 6.45) is 3.96. The second-order valence-electron chi connectivity index (χ2n) is 6.00. The van der Waals surface area contributed by atoms with Crippen LogP contribution in [-0.2, 0) is 0 Å². The predicted molar refractivity (Wildman–Crippen MR) is 108 cm³/mol. The van der Waals surface area contributed by atoms with Crippen LogP contribution in [0, 0.1) is 5.82 Å². The Bertz CT molecular complexity index is 972. The SMILES string of the molecule is Fc1cc(Br)ccc1-c1ccccc1N1NC=CC1c1ccc(Cl)cc1. The molecular formula is C21H15BrClFN2. The van der Waals surface area contributed by atoms with E-state index in [4.69, 9.17) is 11.6 Å². The van der Waals surface area contributed by atoms with Crippen molar-refractivity contribution in [3.05, 3.63) is 99.9 Å². The average molecular weight is 430 g/mol. The van der Waals surface area contributed by atoms with Crippen molar-refractivity contribution in [2.45, 2.75) is 6.04 Å². The molecule has 1 N–H and O–H groups in total. The molecule has 3 aromatic rings. The molecule has 5 heteroatoms. The van der Waals surface area contributed by atoms with Gasteiger partial charge >= 0.3 is 0 Å². The fraction of sp³-hybridized carbons (Fsp3) is 0.0476. The van der Waals surface area contributed by atoms with E-state index in [0.29, 0.717) is 10.6 Å². The van der Waals surface area contributed by atoms with E-state index in [1.54, 1.807) is 6.07 Å². The lowest BCUT2D eigenvalue weighted by molar-refractivity contribution is 0.630. The fourth-order valence-electron chi connectivity index (χ4n) is 3.14. The van der Waals surface area contributed by atoms with Crippen LogP contribution in [0.25, 0.3) is 11.1 Å². The number of benzene rings is 3. The molecule has 0 spiro atoms. The molecule has 4 rings (SSSR count). The molecule has 26 heavy (non-hydrogen) atoms. The second-order valence-corrected chi connectivity index (χ2v) is 7.35. The van der Waals surface area contributed by atoms with Gasteiger partial charge in [-0.2, -0.15) is 0 Å². The Morgan fingerprint density at radius 2 is 1.73 bits per heavy atom. The topological polar surface area (TPSA) is 15.3 Å². The predicted octanol–water partition coefficient (Wildman–Crippen LogP) is 6.49. The lowest BCUT2D eigenvalue weighted by atomic mass is 10.0. The van der Waals surface area contributed by atoms with Gasteiger partial charge in [0.2, 0.25) is 0 Å². The smallest absolute Gasteiger partial charge is 0.132 e. The lowest BCUT2D eigenvalue weighted by Crippen LogP contribution is -2.32. The summed E-state index contributed by atoms with van der Waals surface area (Å²) in [6, 6.07) is 20.7. The van der Waals surface area contributed by atoms with Gasteiger partial charge in [0, 0.05) is 26.8 Å². The van der Waals surface area contributed by atoms with E-state index in [1.165, 1.54) is 6.07 Å². The maximum absolute atomic E-state index is 14.6. The molecule has 1 atom stereocenters. The third-order valence-corrected chi connectivity index (χ3v) is 5.11. The largest absolute Gasteiger partial charge is 0.305 e. The lowest BCUT2D eigenvalue weighted by Gasteiger charge is -2.29. The normalized spacial score (nSPS) is 16.0. The molecule has 0 aliphatic carbocycles. The molecule has 2 nitrogen and oxygen atoms in total. The molecule has 1 aliphatic rings. The van der Waals surface area contributed by atoms with Gasteiger partial charge in [0.05, 0.1) is 11.7 Å². The van der Waals surface area contributed by atoms with Crippen LogP contribution >= 0.6 is 27.5 Å². The Balaban J connectivity index is 1.77. The number of halogens is 3. The van der Waals surface area contributed by atoms with Crippen LogP contribution in [0.3, 0.4) is 0 Å². The van der Waals surface area contributed by atoms with Crippen molar-refractivity contribution < 1.29 is 4.39 Å². The van der Waals surface area contributed by atoms with Gasteiger partial charge in [-0.3, -0.25) is 5.01 Å². The second kappa shape index (κ2) is 7.14. The number of hydrazine groups is 1. The summed E-state index contributed by atoms with van der Waals surface area (Å²) >= 11 is 9.33. The highest BCUT2D eigenvalue weighted by Gasteiger charge is 2.25. The zero-order valence-corrected chi connectivity index (χ0v) is 16.0. The van der Waals surface area contributed by atoms with Crippen molar-refractivity contribution in [3.8, 4) is 11.1 Å². The quantitative estimate of drug-likeness (QED) is 0.512. The Hall–Kier alpha value is -2.30. The summed E-state index contributed by atoms with van der Waals surface area (Å²) in [7, 11) is 0. The molecule has 0 aromatic heterocycles. The van der Waals surface area contributed by atoms with Gasteiger partial charge in [-0.05, 0) is 42.0 Å². The monoisotopic (exact) mass is 428 g/mol. The van der Waals surface area contributed by atoms with E-state index in [2.05, 4.69) is 27.4 Å². The van der Waals surface area contributed by atoms with Crippen molar-refractivity contribution in [1.29, 1.82) is 0 Å². The molecule has 1 unspecified atom stereocenters. The Kier molecular flexibility index (Phi) is 4.70. The van der Waals surface area contributed by atoms with E-state index < -0.39 is 0 Å². The van der Waals surface area contributed by atoms with E-state index in [0.717, 1.165) is 21.3 Å². The van der Waals surface area contributed by atoms with Gasteiger partial charge in [0.1, 0.15) is 5.82 Å². The number of hydrogen-bond acceptors (Lipinski definition) is 2. The number of para-hydroxylation sites is 1. The van der Waals surface area contributed by atoms with Crippen LogP contribution in [0.5, 0.6) is 0 Å². The third-order valence-electron chi connectivity index (χ3n) is 4.37. The maximum atomic E-state index is 14.6. The van der Waals surface area contributed by atoms with Gasteiger partial charge < -0.3 is 5.43 Å². The van der Waals surface area contributed by atoms with E-state index in [-0.39, 0.29) is 11.9 Å². The minimum absolute atomic E-state index is 0.00748. The highest BCUT2D eigenvalue weighted by Crippen LogP contribution is 2.38. The van der Waals surface area contributed by atoms with Crippen LogP contribution in [0.2, 0.25) is 5.02 Å². The van der Waals surface area contributed by atoms with Crippen molar-refractivity contribution in [2.75, 3.05) is 5.01 Å². The summed E-state index contributed by atoms with van der Waals surface area (Å²) in [4.78, 5) is 0. The summed E-state index contributed by atoms with van der Waals surface area (Å²) in [6.45, 7) is 0. The van der Waals surface area contributed by atoms with Gasteiger partial charge in [0.15, 0.2) is 0 Å². The standard InChI is InChI=1S/C21H15BrClFN2/c22-15-7-10-17(19(24)13-15)18-3-1-2-4-21(18)26-20(11-12-25-26)14-5-8-16(23)9-6-14/h1-13,20,25H. The molecule has 0 saturated carbocycles. The molecule has 1 aliphatic heterocycles. The molecule has 0 bridgehead atoms. The first-order chi connectivity index (χ1) is 12.6. The highest BCUT2D eigenvalue weighted by molar-refractivity contribution is 9.10. The Labute approximate surface area is 165 Å².